The Morgan fingerprint density at radius 1 is 0.451 bits per heavy atom. The number of hydrogen-bond donors (Lipinski definition) is 0. The number of hydrogen-bond acceptors (Lipinski definition) is 3. The van der Waals surface area contributed by atoms with Gasteiger partial charge in [0.2, 0.25) is 0 Å². The monoisotopic (exact) mass is 849 g/mol. The van der Waals surface area contributed by atoms with Crippen LogP contribution in [0, 0.1) is 12.1 Å². The standard InChI is InChI=1S/C35H24NOSi.C11H8N.Ir/c1-4-12-27(13-5-1)38(28-14-6-2-7-15-28,29-16-8-3-9-17-29)30-21-22-33(36-25-30)26-20-23-35-32(24-26)31-18-10-11-19-34(31)37-35;1-2-6-10(7-3-1)11-8-4-5-9-12-11;/h1-19,21-25H;1-6,8-9H;/q2*-1;. The molecule has 0 spiro atoms. The largest absolute Gasteiger partial charge is 0.500 e. The van der Waals surface area contributed by atoms with Crippen LogP contribution in [0.25, 0.3) is 44.5 Å². The zero-order chi connectivity index (χ0) is 33.6. The average molecular weight is 849 g/mol. The maximum Gasteiger partial charge on any atom is 0.181 e. The minimum Gasteiger partial charge on any atom is -0.500 e. The molecule has 3 heterocycles. The second kappa shape index (κ2) is 15.4. The Labute approximate surface area is 312 Å². The van der Waals surface area contributed by atoms with Gasteiger partial charge in [0.1, 0.15) is 5.58 Å². The predicted octanol–water partition coefficient (Wildman–Crippen LogP) is 8.37. The van der Waals surface area contributed by atoms with Gasteiger partial charge in [0.05, 0.1) is 5.58 Å². The van der Waals surface area contributed by atoms with Gasteiger partial charge in [0.15, 0.2) is 8.07 Å². The normalized spacial score (nSPS) is 11.0. The molecule has 0 amide bonds. The molecule has 0 atom stereocenters. The maximum absolute atomic E-state index is 6.01. The summed E-state index contributed by atoms with van der Waals surface area (Å²) in [6, 6.07) is 69.6. The molecule has 0 aliphatic carbocycles. The van der Waals surface area contributed by atoms with Crippen LogP contribution in [0.1, 0.15) is 0 Å². The molecule has 9 rings (SSSR count). The third-order valence-corrected chi connectivity index (χ3v) is 13.8. The summed E-state index contributed by atoms with van der Waals surface area (Å²) in [6.07, 6.45) is 3.87. The zero-order valence-corrected chi connectivity index (χ0v) is 31.0. The van der Waals surface area contributed by atoms with Crippen molar-refractivity contribution in [2.24, 2.45) is 0 Å². The van der Waals surface area contributed by atoms with Gasteiger partial charge in [-0.25, -0.2) is 0 Å². The van der Waals surface area contributed by atoms with Gasteiger partial charge in [-0.15, -0.1) is 59.7 Å². The summed E-state index contributed by atoms with van der Waals surface area (Å²) >= 11 is 0. The smallest absolute Gasteiger partial charge is 0.181 e. The number of aromatic nitrogens is 2. The molecule has 6 aromatic carbocycles. The van der Waals surface area contributed by atoms with Crippen molar-refractivity contribution in [1.29, 1.82) is 0 Å². The molecule has 0 N–H and O–H groups in total. The molecule has 3 aromatic heterocycles. The van der Waals surface area contributed by atoms with Crippen molar-refractivity contribution in [3.05, 3.63) is 207 Å². The van der Waals surface area contributed by atoms with E-state index >= 15 is 0 Å². The van der Waals surface area contributed by atoms with E-state index in [4.69, 9.17) is 9.40 Å². The van der Waals surface area contributed by atoms with Crippen molar-refractivity contribution < 1.29 is 24.5 Å². The van der Waals surface area contributed by atoms with E-state index in [1.165, 1.54) is 20.7 Å². The van der Waals surface area contributed by atoms with Crippen LogP contribution < -0.4 is 20.7 Å². The molecule has 3 nitrogen and oxygen atoms in total. The number of furan rings is 1. The van der Waals surface area contributed by atoms with Gasteiger partial charge in [-0.1, -0.05) is 139 Å². The van der Waals surface area contributed by atoms with Crippen LogP contribution in [0.3, 0.4) is 0 Å². The van der Waals surface area contributed by atoms with Crippen LogP contribution >= 0.6 is 0 Å². The fourth-order valence-electron chi connectivity index (χ4n) is 6.73. The van der Waals surface area contributed by atoms with Gasteiger partial charge in [0, 0.05) is 37.9 Å². The first-order chi connectivity index (χ1) is 24.8. The first-order valence-corrected chi connectivity index (χ1v) is 18.7. The van der Waals surface area contributed by atoms with Crippen molar-refractivity contribution in [3.63, 3.8) is 0 Å². The molecule has 1 radical (unpaired) electrons. The van der Waals surface area contributed by atoms with Gasteiger partial charge in [-0.2, -0.15) is 0 Å². The van der Waals surface area contributed by atoms with Crippen LogP contribution in [0.2, 0.25) is 0 Å². The summed E-state index contributed by atoms with van der Waals surface area (Å²) in [5.74, 6) is 0. The molecule has 0 aliphatic rings. The van der Waals surface area contributed by atoms with E-state index in [2.05, 4.69) is 139 Å². The first-order valence-electron chi connectivity index (χ1n) is 16.7. The van der Waals surface area contributed by atoms with Crippen molar-refractivity contribution in [2.45, 2.75) is 0 Å². The van der Waals surface area contributed by atoms with E-state index in [0.717, 1.165) is 44.5 Å². The first kappa shape index (κ1) is 33.8. The molecule has 0 bridgehead atoms. The van der Waals surface area contributed by atoms with Gasteiger partial charge in [-0.3, -0.25) is 0 Å². The van der Waals surface area contributed by atoms with E-state index in [1.807, 2.05) is 66.7 Å². The van der Waals surface area contributed by atoms with E-state index in [9.17, 15) is 0 Å². The van der Waals surface area contributed by atoms with Crippen LogP contribution in [0.5, 0.6) is 0 Å². The summed E-state index contributed by atoms with van der Waals surface area (Å²) in [5, 5.41) is 7.46. The predicted molar refractivity (Wildman–Crippen MR) is 208 cm³/mol. The van der Waals surface area contributed by atoms with Crippen LogP contribution in [-0.4, -0.2) is 18.0 Å². The summed E-state index contributed by atoms with van der Waals surface area (Å²) in [4.78, 5) is 9.25. The number of rotatable bonds is 6. The Bertz CT molecular complexity index is 2320. The molecular formula is C46H32IrN2OSi-2. The molecule has 247 valence electrons. The Morgan fingerprint density at radius 3 is 1.65 bits per heavy atom. The van der Waals surface area contributed by atoms with E-state index < -0.39 is 8.07 Å². The molecule has 9 aromatic rings. The minimum atomic E-state index is -2.58. The summed E-state index contributed by atoms with van der Waals surface area (Å²) in [6.45, 7) is 0. The van der Waals surface area contributed by atoms with Crippen molar-refractivity contribution in [2.75, 3.05) is 0 Å². The fraction of sp³-hybridized carbons (Fsp3) is 0. The molecule has 0 saturated carbocycles. The van der Waals surface area contributed by atoms with Crippen molar-refractivity contribution in [3.8, 4) is 22.5 Å². The summed E-state index contributed by atoms with van der Waals surface area (Å²) in [7, 11) is -2.58. The molecule has 51 heavy (non-hydrogen) atoms. The average Bonchev–Trinajstić information content (AvgIpc) is 3.59. The third kappa shape index (κ3) is 6.75. The number of fused-ring (bicyclic) bond motifs is 3. The topological polar surface area (TPSA) is 38.9 Å². The second-order valence-electron chi connectivity index (χ2n) is 12.0. The van der Waals surface area contributed by atoms with E-state index in [-0.39, 0.29) is 20.1 Å². The Morgan fingerprint density at radius 2 is 1.06 bits per heavy atom. The number of pyridine rings is 2. The van der Waals surface area contributed by atoms with Crippen LogP contribution in [0.4, 0.5) is 0 Å². The third-order valence-electron chi connectivity index (χ3n) is 9.05. The molecule has 0 fully saturated rings. The van der Waals surface area contributed by atoms with Crippen LogP contribution in [-0.2, 0) is 20.1 Å². The maximum atomic E-state index is 6.01. The quantitative estimate of drug-likeness (QED) is 0.0960. The van der Waals surface area contributed by atoms with E-state index in [1.54, 1.807) is 6.20 Å². The fourth-order valence-corrected chi connectivity index (χ4v) is 11.4. The van der Waals surface area contributed by atoms with E-state index in [0.29, 0.717) is 0 Å². The van der Waals surface area contributed by atoms with Gasteiger partial charge >= 0.3 is 0 Å². The number of nitrogens with zero attached hydrogens (tertiary/aromatic N) is 2. The Kier molecular flexibility index (Phi) is 10.2. The van der Waals surface area contributed by atoms with Crippen molar-refractivity contribution >= 4 is 50.8 Å². The van der Waals surface area contributed by atoms with Crippen molar-refractivity contribution in [1.82, 2.24) is 9.97 Å². The SMILES string of the molecule is [Ir].[c-]1cc2oc3ccccc3c2cc1-c1ccc([Si](c2ccccc2)(c2ccccc2)c2ccccc2)cn1.[c-]1ccccc1-c1ccccn1. The molecule has 0 aliphatic heterocycles. The van der Waals surface area contributed by atoms with Gasteiger partial charge < -0.3 is 14.4 Å². The zero-order valence-electron chi connectivity index (χ0n) is 27.6. The number of para-hydroxylation sites is 1. The van der Waals surface area contributed by atoms with Gasteiger partial charge in [0.25, 0.3) is 0 Å². The second-order valence-corrected chi connectivity index (χ2v) is 15.8. The molecular weight excluding hydrogens is 817 g/mol. The van der Waals surface area contributed by atoms with Crippen LogP contribution in [0.15, 0.2) is 199 Å². The Balaban J connectivity index is 0.000000265. The molecule has 5 heteroatoms. The Hall–Kier alpha value is -5.71. The minimum absolute atomic E-state index is 0. The van der Waals surface area contributed by atoms with Gasteiger partial charge in [-0.05, 0) is 44.3 Å². The summed E-state index contributed by atoms with van der Waals surface area (Å²) < 4.78 is 6.01. The number of benzene rings is 6. The molecule has 0 saturated heterocycles. The summed E-state index contributed by atoms with van der Waals surface area (Å²) in [5.41, 5.74) is 5.60. The molecule has 0 unspecified atom stereocenters.